The van der Waals surface area contributed by atoms with Crippen molar-refractivity contribution in [2.75, 3.05) is 0 Å². The topological polar surface area (TPSA) is 0 Å². The third-order valence-electron chi connectivity index (χ3n) is 1.25. The highest BCUT2D eigenvalue weighted by Gasteiger charge is 1.95. The number of hydrogen-bond acceptors (Lipinski definition) is 0. The lowest BCUT2D eigenvalue weighted by molar-refractivity contribution is 0.243. The predicted octanol–water partition coefficient (Wildman–Crippen LogP) is 3.40. The molecule has 1 rings (SSSR count). The van der Waals surface area contributed by atoms with Crippen LogP contribution in [0.1, 0.15) is 32.1 Å². The average Bonchev–Trinajstić information content (AvgIpc) is 2.11. The molecule has 0 amide bonds. The van der Waals surface area contributed by atoms with Gasteiger partial charge in [-0.3, -0.25) is 0 Å². The molecule has 0 atom stereocenters. The second-order valence-corrected chi connectivity index (χ2v) is 2.35. The summed E-state index contributed by atoms with van der Waals surface area (Å²) in [5.74, 6) is -2.69. The van der Waals surface area contributed by atoms with E-state index in [-0.39, 0.29) is 0 Å². The lowest BCUT2D eigenvalue weighted by atomic mass is 10.4. The van der Waals surface area contributed by atoms with Crippen LogP contribution in [0.5, 0.6) is 0 Å². The molecule has 0 N–H and O–H groups in total. The normalized spacial score (nSPS) is 17.3. The number of rotatable bonds is 0. The largest absolute Gasteiger partial charge is 0.312 e. The molecule has 0 saturated heterocycles. The van der Waals surface area contributed by atoms with Gasteiger partial charge in [0.1, 0.15) is 0 Å². The number of halogens is 3. The predicted molar refractivity (Wildman–Crippen MR) is 34.9 cm³/mol. The first-order valence-electron chi connectivity index (χ1n) is 3.15. The van der Waals surface area contributed by atoms with Crippen LogP contribution in [0.4, 0.5) is 8.78 Å². The smallest absolute Gasteiger partial charge is 0.192 e. The summed E-state index contributed by atoms with van der Waals surface area (Å²) >= 11 is 3.94. The summed E-state index contributed by atoms with van der Waals surface area (Å²) in [4.78, 5) is 0. The van der Waals surface area contributed by atoms with Crippen LogP contribution in [0, 0.1) is 0 Å². The fourth-order valence-corrected chi connectivity index (χ4v) is 0.884. The van der Waals surface area contributed by atoms with E-state index in [1.54, 1.807) is 0 Å². The van der Waals surface area contributed by atoms with E-state index in [0.29, 0.717) is 0 Å². The van der Waals surface area contributed by atoms with Gasteiger partial charge in [-0.2, -0.15) is 8.78 Å². The van der Waals surface area contributed by atoms with E-state index < -0.39 is 5.88 Å². The molecule has 0 aromatic heterocycles. The van der Waals surface area contributed by atoms with Crippen molar-refractivity contribution < 1.29 is 8.78 Å². The lowest BCUT2D eigenvalue weighted by Crippen LogP contribution is -1.62. The van der Waals surface area contributed by atoms with Gasteiger partial charge in [-0.05, 0) is 0 Å². The van der Waals surface area contributed by atoms with Gasteiger partial charge in [0.2, 0.25) is 0 Å². The van der Waals surface area contributed by atoms with Gasteiger partial charge < -0.3 is 0 Å². The van der Waals surface area contributed by atoms with Gasteiger partial charge >= 0.3 is 5.88 Å². The first kappa shape index (κ1) is 9.15. The summed E-state index contributed by atoms with van der Waals surface area (Å²) in [6, 6.07) is 0. The highest BCUT2D eigenvalue weighted by atomic mass is 35.5. The van der Waals surface area contributed by atoms with Gasteiger partial charge in [-0.15, -0.1) is 0 Å². The maximum Gasteiger partial charge on any atom is 0.312 e. The maximum atomic E-state index is 10.1. The van der Waals surface area contributed by atoms with Crippen molar-refractivity contribution >= 4 is 11.6 Å². The molecule has 0 spiro atoms. The minimum atomic E-state index is -2.69. The van der Waals surface area contributed by atoms with Crippen LogP contribution in [-0.2, 0) is 0 Å². The van der Waals surface area contributed by atoms with Gasteiger partial charge in [0.05, 0.1) is 0 Å². The SMILES string of the molecule is C1CCCC1.FC(F)Cl. The molecular weight excluding hydrogens is 146 g/mol. The van der Waals surface area contributed by atoms with Crippen molar-refractivity contribution in [3.63, 3.8) is 0 Å². The van der Waals surface area contributed by atoms with Gasteiger partial charge in [-0.1, -0.05) is 43.7 Å². The van der Waals surface area contributed by atoms with Crippen molar-refractivity contribution in [2.45, 2.75) is 38.0 Å². The van der Waals surface area contributed by atoms with E-state index in [9.17, 15) is 8.78 Å². The Hall–Kier alpha value is 0.150. The second kappa shape index (κ2) is 6.27. The van der Waals surface area contributed by atoms with E-state index in [4.69, 9.17) is 0 Å². The highest BCUT2D eigenvalue weighted by Crippen LogP contribution is 2.15. The fourth-order valence-electron chi connectivity index (χ4n) is 0.884. The standard InChI is InChI=1S/C5H10.CHClF2/c1-2-4-5-3-1;2-1(3)4/h1-5H2;1H. The monoisotopic (exact) mass is 156 g/mol. The zero-order valence-electron chi connectivity index (χ0n) is 5.25. The molecule has 0 nitrogen and oxygen atoms in total. The highest BCUT2D eigenvalue weighted by molar-refractivity contribution is 6.18. The Balaban J connectivity index is 0.000000148. The molecule has 1 aliphatic rings. The van der Waals surface area contributed by atoms with E-state index >= 15 is 0 Å². The van der Waals surface area contributed by atoms with Gasteiger partial charge in [-0.25, -0.2) is 0 Å². The summed E-state index contributed by atoms with van der Waals surface area (Å²) in [6.45, 7) is 0. The van der Waals surface area contributed by atoms with Gasteiger partial charge in [0.15, 0.2) is 0 Å². The molecule has 0 bridgehead atoms. The Labute approximate surface area is 59.2 Å². The summed E-state index contributed by atoms with van der Waals surface area (Å²) in [5.41, 5.74) is 0. The Morgan fingerprint density at radius 2 is 1.00 bits per heavy atom. The van der Waals surface area contributed by atoms with Crippen LogP contribution in [0.15, 0.2) is 0 Å². The van der Waals surface area contributed by atoms with Crippen LogP contribution in [0.25, 0.3) is 0 Å². The van der Waals surface area contributed by atoms with Crippen molar-refractivity contribution in [1.82, 2.24) is 0 Å². The molecule has 0 heterocycles. The van der Waals surface area contributed by atoms with E-state index in [1.165, 1.54) is 32.1 Å². The van der Waals surface area contributed by atoms with Crippen molar-refractivity contribution in [3.8, 4) is 0 Å². The molecule has 0 aromatic rings. The Morgan fingerprint density at radius 1 is 0.889 bits per heavy atom. The fraction of sp³-hybridized carbons (Fsp3) is 1.00. The quantitative estimate of drug-likeness (QED) is 0.472. The third-order valence-corrected chi connectivity index (χ3v) is 1.25. The van der Waals surface area contributed by atoms with E-state index in [0.717, 1.165) is 0 Å². The Bertz CT molecular complexity index is 42.7. The van der Waals surface area contributed by atoms with Gasteiger partial charge in [0.25, 0.3) is 0 Å². The van der Waals surface area contributed by atoms with Crippen molar-refractivity contribution in [3.05, 3.63) is 0 Å². The minimum absolute atomic E-state index is 1.50. The molecule has 0 aromatic carbocycles. The third kappa shape index (κ3) is 11.6. The number of alkyl halides is 3. The van der Waals surface area contributed by atoms with E-state index in [1.807, 2.05) is 0 Å². The molecule has 0 radical (unpaired) electrons. The molecule has 3 heteroatoms. The Morgan fingerprint density at radius 3 is 1.11 bits per heavy atom. The molecule has 56 valence electrons. The first-order valence-corrected chi connectivity index (χ1v) is 3.59. The van der Waals surface area contributed by atoms with E-state index in [2.05, 4.69) is 11.6 Å². The van der Waals surface area contributed by atoms with Crippen LogP contribution < -0.4 is 0 Å². The Kier molecular flexibility index (Phi) is 6.38. The molecule has 0 aliphatic heterocycles. The van der Waals surface area contributed by atoms with Crippen LogP contribution in [-0.4, -0.2) is 5.88 Å². The molecular formula is C6H11ClF2. The maximum absolute atomic E-state index is 10.1. The van der Waals surface area contributed by atoms with Gasteiger partial charge in [0, 0.05) is 0 Å². The molecule has 1 fully saturated rings. The minimum Gasteiger partial charge on any atom is -0.192 e. The van der Waals surface area contributed by atoms with Crippen LogP contribution in [0.3, 0.4) is 0 Å². The molecule has 1 saturated carbocycles. The summed E-state index contributed by atoms with van der Waals surface area (Å²) in [7, 11) is 0. The average molecular weight is 157 g/mol. The zero-order valence-corrected chi connectivity index (χ0v) is 6.00. The first-order chi connectivity index (χ1) is 4.23. The second-order valence-electron chi connectivity index (χ2n) is 2.02. The van der Waals surface area contributed by atoms with Crippen LogP contribution in [0.2, 0.25) is 0 Å². The molecule has 9 heavy (non-hydrogen) atoms. The number of hydrogen-bond donors (Lipinski definition) is 0. The van der Waals surface area contributed by atoms with Crippen LogP contribution >= 0.6 is 11.6 Å². The lowest BCUT2D eigenvalue weighted by Gasteiger charge is -1.67. The molecule has 1 aliphatic carbocycles. The van der Waals surface area contributed by atoms with Crippen molar-refractivity contribution in [2.24, 2.45) is 0 Å². The van der Waals surface area contributed by atoms with Crippen molar-refractivity contribution in [1.29, 1.82) is 0 Å². The summed E-state index contributed by atoms with van der Waals surface area (Å²) < 4.78 is 20.2. The summed E-state index contributed by atoms with van der Waals surface area (Å²) in [6.07, 6.45) is 7.50. The summed E-state index contributed by atoms with van der Waals surface area (Å²) in [5, 5.41) is 0. The zero-order chi connectivity index (χ0) is 7.11. The molecule has 0 unspecified atom stereocenters.